The molecule has 8 heteroatoms. The summed E-state index contributed by atoms with van der Waals surface area (Å²) >= 11 is 0. The summed E-state index contributed by atoms with van der Waals surface area (Å²) in [7, 11) is 0. The van der Waals surface area contributed by atoms with Crippen molar-refractivity contribution in [2.75, 3.05) is 69.0 Å². The van der Waals surface area contributed by atoms with Gasteiger partial charge in [0.25, 0.3) is 5.91 Å². The van der Waals surface area contributed by atoms with Gasteiger partial charge in [0.1, 0.15) is 5.75 Å². The number of carbonyl (C=O) groups is 1. The highest BCUT2D eigenvalue weighted by Gasteiger charge is 2.28. The van der Waals surface area contributed by atoms with Crippen molar-refractivity contribution in [1.29, 1.82) is 0 Å². The van der Waals surface area contributed by atoms with Gasteiger partial charge < -0.3 is 29.3 Å². The van der Waals surface area contributed by atoms with Crippen LogP contribution in [0.1, 0.15) is 28.4 Å². The summed E-state index contributed by atoms with van der Waals surface area (Å²) < 4.78 is 17.0. The summed E-state index contributed by atoms with van der Waals surface area (Å²) in [5.74, 6) is 0.726. The second-order valence-electron chi connectivity index (χ2n) is 9.09. The van der Waals surface area contributed by atoms with Crippen LogP contribution in [0.2, 0.25) is 0 Å². The lowest BCUT2D eigenvalue weighted by molar-refractivity contribution is 0.0923. The number of para-hydroxylation sites is 2. The molecule has 2 fully saturated rings. The Labute approximate surface area is 204 Å². The van der Waals surface area contributed by atoms with Crippen LogP contribution in [-0.2, 0) is 9.47 Å². The predicted molar refractivity (Wildman–Crippen MR) is 135 cm³/mol. The van der Waals surface area contributed by atoms with Crippen LogP contribution in [0.4, 0.5) is 11.4 Å². The van der Waals surface area contributed by atoms with Crippen molar-refractivity contribution < 1.29 is 19.0 Å². The number of hydrogen-bond donors (Lipinski definition) is 1. The minimum atomic E-state index is -0.112. The van der Waals surface area contributed by atoms with Gasteiger partial charge in [-0.2, -0.15) is 0 Å². The van der Waals surface area contributed by atoms with E-state index in [4.69, 9.17) is 19.2 Å². The van der Waals surface area contributed by atoms with Crippen molar-refractivity contribution in [2.24, 2.45) is 0 Å². The topological polar surface area (TPSA) is 76.2 Å². The number of nitrogens with one attached hydrogen (secondary N) is 1. The van der Waals surface area contributed by atoms with Crippen LogP contribution in [0.25, 0.3) is 10.9 Å². The summed E-state index contributed by atoms with van der Waals surface area (Å²) in [6.45, 7) is 6.42. The molecule has 2 aromatic carbocycles. The van der Waals surface area contributed by atoms with Crippen LogP contribution in [0.5, 0.6) is 5.75 Å². The zero-order valence-electron chi connectivity index (χ0n) is 19.7. The second kappa shape index (κ2) is 9.71. The van der Waals surface area contributed by atoms with Gasteiger partial charge in [-0.15, -0.1) is 0 Å². The van der Waals surface area contributed by atoms with E-state index in [0.29, 0.717) is 38.6 Å². The van der Waals surface area contributed by atoms with E-state index in [1.54, 1.807) is 6.20 Å². The average molecular weight is 475 g/mol. The molecule has 1 amide bonds. The average Bonchev–Trinajstić information content (AvgIpc) is 2.93. The summed E-state index contributed by atoms with van der Waals surface area (Å²) in [6.07, 6.45) is 2.48. The van der Waals surface area contributed by atoms with Gasteiger partial charge in [0.2, 0.25) is 0 Å². The number of morpholine rings is 2. The maximum absolute atomic E-state index is 13.7. The zero-order chi connectivity index (χ0) is 23.6. The van der Waals surface area contributed by atoms with Gasteiger partial charge in [-0.1, -0.05) is 30.3 Å². The van der Waals surface area contributed by atoms with Gasteiger partial charge in [-0.3, -0.25) is 9.78 Å². The Kier molecular flexibility index (Phi) is 6.14. The number of pyridine rings is 1. The molecule has 0 radical (unpaired) electrons. The Morgan fingerprint density at radius 3 is 2.43 bits per heavy atom. The van der Waals surface area contributed by atoms with Crippen molar-refractivity contribution in [2.45, 2.75) is 12.5 Å². The third-order valence-electron chi connectivity index (χ3n) is 7.04. The molecule has 0 spiro atoms. The largest absolute Gasteiger partial charge is 0.493 e. The molecule has 1 N–H and O–H groups in total. The molecule has 0 saturated carbocycles. The quantitative estimate of drug-likeness (QED) is 0.623. The Bertz CT molecular complexity index is 1220. The molecule has 3 aliphatic heterocycles. The number of nitrogens with zero attached hydrogens (tertiary/aromatic N) is 3. The van der Waals surface area contributed by atoms with Crippen LogP contribution in [-0.4, -0.2) is 70.1 Å². The maximum Gasteiger partial charge on any atom is 0.255 e. The van der Waals surface area contributed by atoms with E-state index in [2.05, 4.69) is 33.3 Å². The van der Waals surface area contributed by atoms with Gasteiger partial charge in [0.15, 0.2) is 0 Å². The first kappa shape index (κ1) is 22.1. The fourth-order valence-electron chi connectivity index (χ4n) is 5.27. The number of amides is 1. The molecule has 4 heterocycles. The molecule has 8 nitrogen and oxygen atoms in total. The SMILES string of the molecule is O=C(NC1CCOc2ccccc21)c1cnc2c(N3CCOCC3)cccc2c1N1CCOCC1. The molecule has 182 valence electrons. The number of hydrogen-bond acceptors (Lipinski definition) is 7. The van der Waals surface area contributed by atoms with Gasteiger partial charge in [0.05, 0.1) is 61.5 Å². The highest BCUT2D eigenvalue weighted by atomic mass is 16.5. The third kappa shape index (κ3) is 4.28. The molecular formula is C27H30N4O4. The van der Waals surface area contributed by atoms with Crippen molar-refractivity contribution >= 4 is 28.2 Å². The second-order valence-corrected chi connectivity index (χ2v) is 9.09. The van der Waals surface area contributed by atoms with Crippen molar-refractivity contribution in [3.63, 3.8) is 0 Å². The number of fused-ring (bicyclic) bond motifs is 2. The Balaban J connectivity index is 1.40. The van der Waals surface area contributed by atoms with Gasteiger partial charge in [-0.05, 0) is 12.1 Å². The molecule has 35 heavy (non-hydrogen) atoms. The van der Waals surface area contributed by atoms with E-state index in [9.17, 15) is 4.79 Å². The highest BCUT2D eigenvalue weighted by Crippen LogP contribution is 2.37. The third-order valence-corrected chi connectivity index (χ3v) is 7.04. The van der Waals surface area contributed by atoms with E-state index < -0.39 is 0 Å². The fraction of sp³-hybridized carbons (Fsp3) is 0.407. The lowest BCUT2D eigenvalue weighted by Crippen LogP contribution is -2.39. The Hall–Kier alpha value is -3.36. The number of rotatable bonds is 4. The lowest BCUT2D eigenvalue weighted by Gasteiger charge is -2.33. The van der Waals surface area contributed by atoms with Crippen LogP contribution in [0.3, 0.4) is 0 Å². The van der Waals surface area contributed by atoms with E-state index in [0.717, 1.165) is 66.2 Å². The Morgan fingerprint density at radius 1 is 0.886 bits per heavy atom. The molecule has 0 bridgehead atoms. The van der Waals surface area contributed by atoms with Gasteiger partial charge >= 0.3 is 0 Å². The molecule has 3 aliphatic rings. The van der Waals surface area contributed by atoms with E-state index in [1.807, 2.05) is 24.3 Å². The molecule has 2 saturated heterocycles. The number of benzene rings is 2. The maximum atomic E-state index is 13.7. The predicted octanol–water partition coefficient (Wildman–Crippen LogP) is 3.16. The molecular weight excluding hydrogens is 444 g/mol. The van der Waals surface area contributed by atoms with Crippen molar-refractivity contribution in [3.05, 3.63) is 59.8 Å². The van der Waals surface area contributed by atoms with Gasteiger partial charge in [-0.25, -0.2) is 0 Å². The summed E-state index contributed by atoms with van der Waals surface area (Å²) in [6, 6.07) is 14.1. The van der Waals surface area contributed by atoms with Crippen LogP contribution in [0.15, 0.2) is 48.7 Å². The monoisotopic (exact) mass is 474 g/mol. The standard InChI is InChI=1S/C27H30N4O4/c32-27(29-22-8-13-35-24-7-2-1-4-19(22)24)21-18-28-25-20(26(21)31-11-16-34-17-12-31)5-3-6-23(25)30-9-14-33-15-10-30/h1-7,18,22H,8-17H2,(H,29,32). The van der Waals surface area contributed by atoms with E-state index in [-0.39, 0.29) is 11.9 Å². The summed E-state index contributed by atoms with van der Waals surface area (Å²) in [5, 5.41) is 4.27. The molecule has 1 aromatic heterocycles. The zero-order valence-corrected chi connectivity index (χ0v) is 19.7. The molecule has 6 rings (SSSR count). The smallest absolute Gasteiger partial charge is 0.255 e. The molecule has 1 unspecified atom stereocenters. The van der Waals surface area contributed by atoms with E-state index in [1.165, 1.54) is 0 Å². The summed E-state index contributed by atoms with van der Waals surface area (Å²) in [5.41, 5.74) is 4.56. The first-order chi connectivity index (χ1) is 17.3. The van der Waals surface area contributed by atoms with E-state index >= 15 is 0 Å². The first-order valence-electron chi connectivity index (χ1n) is 12.4. The fourth-order valence-corrected chi connectivity index (χ4v) is 5.27. The first-order valence-corrected chi connectivity index (χ1v) is 12.4. The molecule has 0 aliphatic carbocycles. The highest BCUT2D eigenvalue weighted by molar-refractivity contribution is 6.09. The molecule has 3 aromatic rings. The molecule has 1 atom stereocenters. The van der Waals surface area contributed by atoms with Crippen LogP contribution >= 0.6 is 0 Å². The normalized spacial score (nSPS) is 20.3. The minimum Gasteiger partial charge on any atom is -0.493 e. The number of anilines is 2. The lowest BCUT2D eigenvalue weighted by atomic mass is 9.99. The number of carbonyl (C=O) groups excluding carboxylic acids is 1. The number of ether oxygens (including phenoxy) is 3. The summed E-state index contributed by atoms with van der Waals surface area (Å²) in [4.78, 5) is 23.2. The Morgan fingerprint density at radius 2 is 1.63 bits per heavy atom. The van der Waals surface area contributed by atoms with Gasteiger partial charge in [0, 0.05) is 49.7 Å². The van der Waals surface area contributed by atoms with Crippen molar-refractivity contribution in [3.8, 4) is 5.75 Å². The number of aromatic nitrogens is 1. The van der Waals surface area contributed by atoms with Crippen LogP contribution in [0, 0.1) is 0 Å². The van der Waals surface area contributed by atoms with Crippen molar-refractivity contribution in [1.82, 2.24) is 10.3 Å². The van der Waals surface area contributed by atoms with Crippen LogP contribution < -0.4 is 19.9 Å². The minimum absolute atomic E-state index is 0.0969.